The Morgan fingerprint density at radius 2 is 1.58 bits per heavy atom. The van der Waals surface area contributed by atoms with Crippen LogP contribution in [0.25, 0.3) is 10.8 Å². The summed E-state index contributed by atoms with van der Waals surface area (Å²) in [5.74, 6) is -0.277. The maximum atomic E-state index is 15.2. The lowest BCUT2D eigenvalue weighted by Gasteiger charge is -2.29. The van der Waals surface area contributed by atoms with E-state index in [-0.39, 0.29) is 18.2 Å². The summed E-state index contributed by atoms with van der Waals surface area (Å²) in [4.78, 5) is 0. The minimum absolute atomic E-state index is 0.00929. The Morgan fingerprint density at radius 3 is 2.29 bits per heavy atom. The molecule has 206 valence electrons. The smallest absolute Gasteiger partial charge is 0.373 e. The van der Waals surface area contributed by atoms with Crippen molar-refractivity contribution in [1.29, 1.82) is 0 Å². The Kier molecular flexibility index (Phi) is 10.2. The van der Waals surface area contributed by atoms with Crippen molar-refractivity contribution < 1.29 is 31.8 Å². The summed E-state index contributed by atoms with van der Waals surface area (Å²) in [5.41, 5.74) is 1.69. The lowest BCUT2D eigenvalue weighted by atomic mass is 9.98. The largest absolute Gasteiger partial charge is 0.416 e. The fourth-order valence-electron chi connectivity index (χ4n) is 4.73. The molecule has 0 radical (unpaired) electrons. The van der Waals surface area contributed by atoms with E-state index in [0.717, 1.165) is 48.1 Å². The van der Waals surface area contributed by atoms with Gasteiger partial charge in [0.1, 0.15) is 11.9 Å². The van der Waals surface area contributed by atoms with E-state index in [9.17, 15) is 13.2 Å². The van der Waals surface area contributed by atoms with E-state index in [1.165, 1.54) is 31.4 Å². The summed E-state index contributed by atoms with van der Waals surface area (Å²) in [5, 5.41) is 1.36. The number of hydrogen-bond acceptors (Lipinski definition) is 3. The van der Waals surface area contributed by atoms with Crippen molar-refractivity contribution >= 4 is 10.8 Å². The van der Waals surface area contributed by atoms with Crippen LogP contribution in [-0.4, -0.2) is 32.2 Å². The van der Waals surface area contributed by atoms with E-state index >= 15 is 4.39 Å². The molecule has 3 aromatic rings. The highest BCUT2D eigenvalue weighted by molar-refractivity contribution is 5.84. The second-order valence-electron chi connectivity index (χ2n) is 9.98. The molecule has 0 aromatic heterocycles. The third-order valence-electron chi connectivity index (χ3n) is 7.02. The molecule has 3 aromatic carbocycles. The minimum atomic E-state index is -4.36. The zero-order chi connectivity index (χ0) is 27.0. The minimum Gasteiger partial charge on any atom is -0.373 e. The fraction of sp³-hybridized carbons (Fsp3) is 0.484. The second-order valence-corrected chi connectivity index (χ2v) is 9.98. The third-order valence-corrected chi connectivity index (χ3v) is 7.02. The number of benzene rings is 3. The van der Waals surface area contributed by atoms with Crippen molar-refractivity contribution in [3.05, 3.63) is 82.7 Å². The number of ether oxygens (including phenoxy) is 3. The predicted octanol–water partition coefficient (Wildman–Crippen LogP) is 8.05. The molecule has 1 aliphatic heterocycles. The number of aryl methyl sites for hydroxylation is 3. The zero-order valence-corrected chi connectivity index (χ0v) is 21.9. The van der Waals surface area contributed by atoms with Crippen molar-refractivity contribution in [3.8, 4) is 0 Å². The van der Waals surface area contributed by atoms with Crippen molar-refractivity contribution in [1.82, 2.24) is 0 Å². The van der Waals surface area contributed by atoms with Gasteiger partial charge in [-0.1, -0.05) is 68.7 Å². The maximum Gasteiger partial charge on any atom is 0.416 e. The summed E-state index contributed by atoms with van der Waals surface area (Å²) in [6.45, 7) is 4.01. The molecule has 1 fully saturated rings. The van der Waals surface area contributed by atoms with E-state index in [0.29, 0.717) is 43.4 Å². The van der Waals surface area contributed by atoms with E-state index in [1.807, 2.05) is 18.2 Å². The average molecular weight is 533 g/mol. The molecular weight excluding hydrogens is 496 g/mol. The lowest BCUT2D eigenvalue weighted by Crippen LogP contribution is -2.37. The SMILES string of the molecule is CCCCCCOC1COC(CCc2ccc3c(F)c(CCc4ccc(C(F)(F)F)cc4)ccc3c2)OC1. The van der Waals surface area contributed by atoms with Crippen molar-refractivity contribution in [3.63, 3.8) is 0 Å². The number of unbranched alkanes of at least 4 members (excludes halogenated alkanes) is 3. The van der Waals surface area contributed by atoms with Crippen LogP contribution in [0.4, 0.5) is 17.6 Å². The monoisotopic (exact) mass is 532 g/mol. The Balaban J connectivity index is 1.25. The molecule has 0 atom stereocenters. The zero-order valence-electron chi connectivity index (χ0n) is 21.9. The third kappa shape index (κ3) is 8.01. The van der Waals surface area contributed by atoms with Gasteiger partial charge in [-0.15, -0.1) is 0 Å². The van der Waals surface area contributed by atoms with Gasteiger partial charge in [-0.3, -0.25) is 0 Å². The summed E-state index contributed by atoms with van der Waals surface area (Å²) < 4.78 is 71.0. The van der Waals surface area contributed by atoms with Gasteiger partial charge in [0.15, 0.2) is 6.29 Å². The molecule has 0 amide bonds. The van der Waals surface area contributed by atoms with Crippen molar-refractivity contribution in [2.24, 2.45) is 0 Å². The average Bonchev–Trinajstić information content (AvgIpc) is 2.92. The Labute approximate surface area is 222 Å². The van der Waals surface area contributed by atoms with Gasteiger partial charge >= 0.3 is 6.18 Å². The number of fused-ring (bicyclic) bond motifs is 1. The Bertz CT molecular complexity index is 1150. The van der Waals surface area contributed by atoms with Gasteiger partial charge in [0.05, 0.1) is 18.8 Å². The van der Waals surface area contributed by atoms with Crippen LogP contribution < -0.4 is 0 Å². The fourth-order valence-corrected chi connectivity index (χ4v) is 4.73. The van der Waals surface area contributed by atoms with E-state index < -0.39 is 11.7 Å². The standard InChI is InChI=1S/C31H36F4O3/c1-2-3-4-5-18-36-27-20-37-29(38-21-27)17-10-23-9-16-28-25(19-23)13-12-24(30(28)32)11-6-22-7-14-26(15-8-22)31(33,34)35/h7-9,12-16,19,27,29H,2-6,10-11,17-18,20-21H2,1H3. The molecule has 0 aliphatic carbocycles. The molecular formula is C31H36F4O3. The highest BCUT2D eigenvalue weighted by Gasteiger charge is 2.30. The first kappa shape index (κ1) is 28.5. The molecule has 0 N–H and O–H groups in total. The van der Waals surface area contributed by atoms with Crippen LogP contribution >= 0.6 is 0 Å². The van der Waals surface area contributed by atoms with Crippen molar-refractivity contribution in [2.45, 2.75) is 76.9 Å². The summed E-state index contributed by atoms with van der Waals surface area (Å²) in [6.07, 6.45) is 2.40. The van der Waals surface area contributed by atoms with Gasteiger partial charge in [0.2, 0.25) is 0 Å². The summed E-state index contributed by atoms with van der Waals surface area (Å²) in [6, 6.07) is 14.4. The molecule has 0 bridgehead atoms. The van der Waals surface area contributed by atoms with Crippen LogP contribution in [0.1, 0.15) is 61.3 Å². The van der Waals surface area contributed by atoms with Crippen LogP contribution in [0.3, 0.4) is 0 Å². The molecule has 0 unspecified atom stereocenters. The van der Waals surface area contributed by atoms with E-state index in [2.05, 4.69) is 6.92 Å². The molecule has 1 saturated heterocycles. The summed E-state index contributed by atoms with van der Waals surface area (Å²) in [7, 11) is 0. The number of alkyl halides is 3. The molecule has 0 saturated carbocycles. The Morgan fingerprint density at radius 1 is 0.842 bits per heavy atom. The predicted molar refractivity (Wildman–Crippen MR) is 141 cm³/mol. The topological polar surface area (TPSA) is 27.7 Å². The molecule has 0 spiro atoms. The molecule has 7 heteroatoms. The number of halogens is 4. The molecule has 1 heterocycles. The number of rotatable bonds is 12. The lowest BCUT2D eigenvalue weighted by molar-refractivity contribution is -0.227. The van der Waals surface area contributed by atoms with Crippen LogP contribution in [0, 0.1) is 5.82 Å². The first-order valence-corrected chi connectivity index (χ1v) is 13.5. The molecule has 4 rings (SSSR count). The highest BCUT2D eigenvalue weighted by Crippen LogP contribution is 2.30. The van der Waals surface area contributed by atoms with E-state index in [1.54, 1.807) is 12.1 Å². The maximum absolute atomic E-state index is 15.2. The van der Waals surface area contributed by atoms with Gasteiger partial charge in [0, 0.05) is 18.4 Å². The summed E-state index contributed by atoms with van der Waals surface area (Å²) >= 11 is 0. The van der Waals surface area contributed by atoms with Gasteiger partial charge in [-0.2, -0.15) is 13.2 Å². The first-order valence-electron chi connectivity index (χ1n) is 13.5. The molecule has 1 aliphatic rings. The quantitative estimate of drug-likeness (QED) is 0.174. The number of hydrogen-bond donors (Lipinski definition) is 0. The van der Waals surface area contributed by atoms with Crippen LogP contribution in [-0.2, 0) is 39.6 Å². The Hall–Kier alpha value is -2.48. The van der Waals surface area contributed by atoms with Crippen LogP contribution in [0.5, 0.6) is 0 Å². The van der Waals surface area contributed by atoms with Gasteiger partial charge in [0.25, 0.3) is 0 Å². The highest BCUT2D eigenvalue weighted by atomic mass is 19.4. The van der Waals surface area contributed by atoms with Gasteiger partial charge < -0.3 is 14.2 Å². The van der Waals surface area contributed by atoms with E-state index in [4.69, 9.17) is 14.2 Å². The normalized spacial score (nSPS) is 18.2. The van der Waals surface area contributed by atoms with Gasteiger partial charge in [-0.05, 0) is 59.9 Å². The second kappa shape index (κ2) is 13.5. The van der Waals surface area contributed by atoms with Crippen LogP contribution in [0.15, 0.2) is 54.6 Å². The van der Waals surface area contributed by atoms with Gasteiger partial charge in [-0.25, -0.2) is 4.39 Å². The molecule has 3 nitrogen and oxygen atoms in total. The first-order chi connectivity index (χ1) is 18.3. The van der Waals surface area contributed by atoms with Crippen LogP contribution in [0.2, 0.25) is 0 Å². The molecule has 38 heavy (non-hydrogen) atoms. The van der Waals surface area contributed by atoms with Crippen molar-refractivity contribution in [2.75, 3.05) is 19.8 Å².